The minimum absolute atomic E-state index is 0.111. The van der Waals surface area contributed by atoms with Crippen LogP contribution < -0.4 is 10.1 Å². The second-order valence-electron chi connectivity index (χ2n) is 7.48. The predicted octanol–water partition coefficient (Wildman–Crippen LogP) is 5.94. The van der Waals surface area contributed by atoms with E-state index in [-0.39, 0.29) is 11.7 Å². The van der Waals surface area contributed by atoms with Gasteiger partial charge in [0.1, 0.15) is 5.75 Å². The highest BCUT2D eigenvalue weighted by molar-refractivity contribution is 7.99. The van der Waals surface area contributed by atoms with Crippen molar-refractivity contribution in [2.75, 3.05) is 18.2 Å². The standard InChI is InChI=1S/C25H23ClN4O2S/c1-16-4-9-20(14-17(16)2)27-23(31)15-33-25-29-28-24(18-5-7-19(26)8-6-18)30(25)21-10-12-22(32-3)13-11-21/h4-14H,15H2,1-3H3,(H,27,31). The largest absolute Gasteiger partial charge is 0.497 e. The van der Waals surface area contributed by atoms with Crippen LogP contribution in [0, 0.1) is 13.8 Å². The van der Waals surface area contributed by atoms with Gasteiger partial charge in [-0.2, -0.15) is 0 Å². The average Bonchev–Trinajstić information content (AvgIpc) is 3.24. The smallest absolute Gasteiger partial charge is 0.234 e. The maximum atomic E-state index is 12.6. The Labute approximate surface area is 202 Å². The number of rotatable bonds is 7. The normalized spacial score (nSPS) is 10.8. The first-order valence-electron chi connectivity index (χ1n) is 10.3. The van der Waals surface area contributed by atoms with Crippen molar-refractivity contribution in [3.63, 3.8) is 0 Å². The van der Waals surface area contributed by atoms with Gasteiger partial charge in [0.25, 0.3) is 0 Å². The van der Waals surface area contributed by atoms with Gasteiger partial charge < -0.3 is 10.1 Å². The topological polar surface area (TPSA) is 69.0 Å². The van der Waals surface area contributed by atoms with Crippen LogP contribution in [0.15, 0.2) is 71.9 Å². The summed E-state index contributed by atoms with van der Waals surface area (Å²) in [7, 11) is 1.63. The summed E-state index contributed by atoms with van der Waals surface area (Å²) >= 11 is 7.38. The average molecular weight is 479 g/mol. The molecular formula is C25H23ClN4O2S. The molecule has 0 aliphatic heterocycles. The number of aryl methyl sites for hydroxylation is 2. The summed E-state index contributed by atoms with van der Waals surface area (Å²) in [6, 6.07) is 20.9. The Morgan fingerprint density at radius 2 is 1.73 bits per heavy atom. The summed E-state index contributed by atoms with van der Waals surface area (Å²) in [6.07, 6.45) is 0. The molecule has 1 aromatic heterocycles. The summed E-state index contributed by atoms with van der Waals surface area (Å²) in [5.74, 6) is 1.50. The number of hydrogen-bond acceptors (Lipinski definition) is 5. The monoisotopic (exact) mass is 478 g/mol. The third kappa shape index (κ3) is 5.38. The first kappa shape index (κ1) is 22.9. The molecule has 33 heavy (non-hydrogen) atoms. The first-order valence-corrected chi connectivity index (χ1v) is 11.7. The van der Waals surface area contributed by atoms with E-state index in [0.717, 1.165) is 28.3 Å². The minimum atomic E-state index is -0.111. The maximum absolute atomic E-state index is 12.6. The number of hydrogen-bond donors (Lipinski definition) is 1. The Balaban J connectivity index is 1.59. The van der Waals surface area contributed by atoms with Gasteiger partial charge >= 0.3 is 0 Å². The minimum Gasteiger partial charge on any atom is -0.497 e. The van der Waals surface area contributed by atoms with Crippen LogP contribution in [0.2, 0.25) is 5.02 Å². The highest BCUT2D eigenvalue weighted by Gasteiger charge is 2.17. The number of thioether (sulfide) groups is 1. The number of amides is 1. The van der Waals surface area contributed by atoms with Gasteiger partial charge in [-0.25, -0.2) is 0 Å². The van der Waals surface area contributed by atoms with Crippen molar-refractivity contribution in [3.8, 4) is 22.8 Å². The fourth-order valence-electron chi connectivity index (χ4n) is 3.26. The van der Waals surface area contributed by atoms with Gasteiger partial charge in [0.15, 0.2) is 11.0 Å². The van der Waals surface area contributed by atoms with Crippen molar-refractivity contribution in [3.05, 3.63) is 82.9 Å². The highest BCUT2D eigenvalue weighted by Crippen LogP contribution is 2.29. The molecule has 1 N–H and O–H groups in total. The molecule has 0 spiro atoms. The highest BCUT2D eigenvalue weighted by atomic mass is 35.5. The second-order valence-corrected chi connectivity index (χ2v) is 8.86. The van der Waals surface area contributed by atoms with Gasteiger partial charge in [-0.3, -0.25) is 9.36 Å². The van der Waals surface area contributed by atoms with Crippen molar-refractivity contribution in [1.29, 1.82) is 0 Å². The molecule has 0 radical (unpaired) electrons. The van der Waals surface area contributed by atoms with Crippen molar-refractivity contribution in [1.82, 2.24) is 14.8 Å². The molecule has 1 heterocycles. The van der Waals surface area contributed by atoms with Crippen molar-refractivity contribution >= 4 is 35.0 Å². The molecule has 168 valence electrons. The van der Waals surface area contributed by atoms with Gasteiger partial charge in [-0.05, 0) is 85.6 Å². The van der Waals surface area contributed by atoms with E-state index in [2.05, 4.69) is 15.5 Å². The molecule has 0 bridgehead atoms. The van der Waals surface area contributed by atoms with E-state index >= 15 is 0 Å². The quantitative estimate of drug-likeness (QED) is 0.333. The van der Waals surface area contributed by atoms with Crippen LogP contribution in [0.5, 0.6) is 5.75 Å². The summed E-state index contributed by atoms with van der Waals surface area (Å²) in [5.41, 5.74) is 4.83. The van der Waals surface area contributed by atoms with E-state index in [4.69, 9.17) is 16.3 Å². The lowest BCUT2D eigenvalue weighted by atomic mass is 10.1. The number of carbonyl (C=O) groups is 1. The zero-order valence-corrected chi connectivity index (χ0v) is 20.1. The molecule has 1 amide bonds. The Morgan fingerprint density at radius 1 is 1.00 bits per heavy atom. The van der Waals surface area contributed by atoms with Crippen molar-refractivity contribution in [2.45, 2.75) is 19.0 Å². The molecule has 0 aliphatic carbocycles. The van der Waals surface area contributed by atoms with E-state index in [0.29, 0.717) is 16.0 Å². The molecule has 8 heteroatoms. The number of benzene rings is 3. The zero-order valence-electron chi connectivity index (χ0n) is 18.5. The van der Waals surface area contributed by atoms with Crippen LogP contribution in [-0.2, 0) is 4.79 Å². The molecule has 0 aliphatic rings. The summed E-state index contributed by atoms with van der Waals surface area (Å²) < 4.78 is 7.21. The lowest BCUT2D eigenvalue weighted by Crippen LogP contribution is -2.14. The Morgan fingerprint density at radius 3 is 2.39 bits per heavy atom. The zero-order chi connectivity index (χ0) is 23.4. The lowest BCUT2D eigenvalue weighted by Gasteiger charge is -2.11. The van der Waals surface area contributed by atoms with Crippen LogP contribution in [0.1, 0.15) is 11.1 Å². The van der Waals surface area contributed by atoms with Crippen LogP contribution >= 0.6 is 23.4 Å². The van der Waals surface area contributed by atoms with Crippen LogP contribution in [0.4, 0.5) is 5.69 Å². The number of nitrogens with one attached hydrogen (secondary N) is 1. The molecule has 3 aromatic carbocycles. The van der Waals surface area contributed by atoms with E-state index in [1.807, 2.05) is 85.1 Å². The molecule has 0 unspecified atom stereocenters. The van der Waals surface area contributed by atoms with Crippen molar-refractivity contribution < 1.29 is 9.53 Å². The molecule has 4 rings (SSSR count). The van der Waals surface area contributed by atoms with Crippen molar-refractivity contribution in [2.24, 2.45) is 0 Å². The van der Waals surface area contributed by atoms with Gasteiger partial charge in [-0.15, -0.1) is 10.2 Å². The molecule has 0 atom stereocenters. The molecule has 0 fully saturated rings. The fraction of sp³-hybridized carbons (Fsp3) is 0.160. The second kappa shape index (κ2) is 10.1. The summed E-state index contributed by atoms with van der Waals surface area (Å²) in [5, 5.41) is 13.0. The van der Waals surface area contributed by atoms with Crippen LogP contribution in [0.3, 0.4) is 0 Å². The molecule has 6 nitrogen and oxygen atoms in total. The fourth-order valence-corrected chi connectivity index (χ4v) is 4.14. The predicted molar refractivity (Wildman–Crippen MR) is 134 cm³/mol. The third-order valence-electron chi connectivity index (χ3n) is 5.19. The number of halogens is 1. The maximum Gasteiger partial charge on any atom is 0.234 e. The van der Waals surface area contributed by atoms with Gasteiger partial charge in [0.2, 0.25) is 5.91 Å². The molecule has 0 saturated heterocycles. The van der Waals surface area contributed by atoms with E-state index in [9.17, 15) is 4.79 Å². The number of anilines is 1. The van der Waals surface area contributed by atoms with Crippen LogP contribution in [0.25, 0.3) is 17.1 Å². The third-order valence-corrected chi connectivity index (χ3v) is 6.37. The number of nitrogens with zero attached hydrogens (tertiary/aromatic N) is 3. The Bertz CT molecular complexity index is 1270. The number of aromatic nitrogens is 3. The summed E-state index contributed by atoms with van der Waals surface area (Å²) in [4.78, 5) is 12.6. The van der Waals surface area contributed by atoms with Gasteiger partial charge in [0, 0.05) is 22.0 Å². The molecular weight excluding hydrogens is 456 g/mol. The van der Waals surface area contributed by atoms with Gasteiger partial charge in [-0.1, -0.05) is 29.4 Å². The summed E-state index contributed by atoms with van der Waals surface area (Å²) in [6.45, 7) is 4.07. The Hall–Kier alpha value is -3.29. The number of methoxy groups -OCH3 is 1. The van der Waals surface area contributed by atoms with E-state index < -0.39 is 0 Å². The Kier molecular flexibility index (Phi) is 7.01. The van der Waals surface area contributed by atoms with Crippen LogP contribution in [-0.4, -0.2) is 33.5 Å². The number of carbonyl (C=O) groups excluding carboxylic acids is 1. The van der Waals surface area contributed by atoms with Gasteiger partial charge in [0.05, 0.1) is 12.9 Å². The first-order chi connectivity index (χ1) is 15.9. The number of ether oxygens (including phenoxy) is 1. The van der Waals surface area contributed by atoms with E-state index in [1.165, 1.54) is 17.3 Å². The lowest BCUT2D eigenvalue weighted by molar-refractivity contribution is -0.113. The van der Waals surface area contributed by atoms with E-state index in [1.54, 1.807) is 7.11 Å². The SMILES string of the molecule is COc1ccc(-n2c(SCC(=O)Nc3ccc(C)c(C)c3)nnc2-c2ccc(Cl)cc2)cc1. The molecule has 0 saturated carbocycles. The molecule has 4 aromatic rings.